The molecule has 7 heteroatoms. The molecule has 2 aromatic carbocycles. The largest absolute Gasteiger partial charge is 0.323 e. The Morgan fingerprint density at radius 2 is 1.76 bits per heavy atom. The van der Waals surface area contributed by atoms with Gasteiger partial charge in [0.2, 0.25) is 0 Å². The van der Waals surface area contributed by atoms with Gasteiger partial charge in [-0.25, -0.2) is 9.18 Å². The van der Waals surface area contributed by atoms with Gasteiger partial charge in [0.1, 0.15) is 5.82 Å². The molecule has 0 amide bonds. The minimum absolute atomic E-state index is 0.254. The van der Waals surface area contributed by atoms with Crippen molar-refractivity contribution in [2.45, 2.75) is 5.38 Å². The highest BCUT2D eigenvalue weighted by atomic mass is 79.9. The molecule has 108 valence electrons. The van der Waals surface area contributed by atoms with Gasteiger partial charge in [0.15, 0.2) is 0 Å². The molecule has 2 N–H and O–H groups in total. The molecule has 0 bridgehead atoms. The molecule has 0 fully saturated rings. The number of hydrogen-bond acceptors (Lipinski definition) is 1. The highest BCUT2D eigenvalue weighted by molar-refractivity contribution is 9.10. The smallest absolute Gasteiger partial charge is 0.306 e. The Kier molecular flexibility index (Phi) is 3.82. The summed E-state index contributed by atoms with van der Waals surface area (Å²) in [4.78, 5) is 16.7. The number of nitrogens with one attached hydrogen (secondary N) is 2. The Hall–Kier alpha value is -1.30. The summed E-state index contributed by atoms with van der Waals surface area (Å²) in [5.74, 6) is -0.419. The van der Waals surface area contributed by atoms with Crippen molar-refractivity contribution in [2.24, 2.45) is 0 Å². The Bertz CT molecular complexity index is 890. The molecule has 3 rings (SSSR count). The molecule has 0 saturated heterocycles. The third-order valence-corrected chi connectivity index (χ3v) is 4.63. The van der Waals surface area contributed by atoms with Crippen LogP contribution >= 0.6 is 39.1 Å². The van der Waals surface area contributed by atoms with E-state index in [1.165, 1.54) is 12.1 Å². The summed E-state index contributed by atoms with van der Waals surface area (Å²) in [6.07, 6.45) is 0. The molecule has 3 aromatic rings. The molecule has 1 unspecified atom stereocenters. The Balaban J connectivity index is 2.14. The molecule has 0 aliphatic heterocycles. The highest BCUT2D eigenvalue weighted by Gasteiger charge is 2.18. The van der Waals surface area contributed by atoms with Gasteiger partial charge >= 0.3 is 5.69 Å². The number of hydrogen-bond donors (Lipinski definition) is 2. The van der Waals surface area contributed by atoms with Gasteiger partial charge in [-0.1, -0.05) is 33.6 Å². The second kappa shape index (κ2) is 5.48. The van der Waals surface area contributed by atoms with Crippen molar-refractivity contribution in [2.75, 3.05) is 0 Å². The molecule has 0 spiro atoms. The van der Waals surface area contributed by atoms with Crippen LogP contribution in [-0.2, 0) is 0 Å². The van der Waals surface area contributed by atoms with Gasteiger partial charge < -0.3 is 9.97 Å². The Labute approximate surface area is 137 Å². The fourth-order valence-electron chi connectivity index (χ4n) is 2.14. The first kappa shape index (κ1) is 14.6. The maximum Gasteiger partial charge on any atom is 0.323 e. The van der Waals surface area contributed by atoms with E-state index in [1.54, 1.807) is 18.2 Å². The zero-order chi connectivity index (χ0) is 15.1. The molecule has 21 heavy (non-hydrogen) atoms. The van der Waals surface area contributed by atoms with Crippen LogP contribution in [0.1, 0.15) is 16.5 Å². The van der Waals surface area contributed by atoms with Crippen LogP contribution in [0.2, 0.25) is 5.02 Å². The summed E-state index contributed by atoms with van der Waals surface area (Å²) in [6.45, 7) is 0. The monoisotopic (exact) mass is 388 g/mol. The number of aromatic nitrogens is 2. The van der Waals surface area contributed by atoms with Crippen molar-refractivity contribution in [1.29, 1.82) is 0 Å². The number of H-pyrrole nitrogens is 2. The van der Waals surface area contributed by atoms with Crippen molar-refractivity contribution in [3.8, 4) is 0 Å². The lowest BCUT2D eigenvalue weighted by atomic mass is 10.0. The van der Waals surface area contributed by atoms with Crippen molar-refractivity contribution >= 4 is 50.2 Å². The standard InChI is InChI=1S/C14H8BrCl2FN2O/c15-9-5-12-11(19-14(21)20-12)4-8(9)13(17)7-2-1-6(18)3-10(7)16/h1-5,13H,(H2,19,20,21). The number of rotatable bonds is 2. The van der Waals surface area contributed by atoms with Gasteiger partial charge in [-0.15, -0.1) is 11.6 Å². The number of halogens is 4. The van der Waals surface area contributed by atoms with Crippen LogP contribution in [0.5, 0.6) is 0 Å². The van der Waals surface area contributed by atoms with Crippen LogP contribution in [0.25, 0.3) is 11.0 Å². The van der Waals surface area contributed by atoms with Crippen LogP contribution in [-0.4, -0.2) is 9.97 Å². The lowest BCUT2D eigenvalue weighted by Gasteiger charge is -2.14. The summed E-state index contributed by atoms with van der Waals surface area (Å²) < 4.78 is 13.9. The summed E-state index contributed by atoms with van der Waals surface area (Å²) in [5, 5.41) is -0.320. The molecule has 0 aliphatic rings. The number of alkyl halides is 1. The minimum Gasteiger partial charge on any atom is -0.306 e. The van der Waals surface area contributed by atoms with E-state index in [1.807, 2.05) is 0 Å². The van der Waals surface area contributed by atoms with Gasteiger partial charge in [-0.3, -0.25) is 0 Å². The number of imidazole rings is 1. The second-order valence-electron chi connectivity index (χ2n) is 4.53. The van der Waals surface area contributed by atoms with E-state index in [0.717, 1.165) is 10.0 Å². The van der Waals surface area contributed by atoms with Gasteiger partial charge in [0, 0.05) is 9.50 Å². The van der Waals surface area contributed by atoms with Crippen LogP contribution in [0.15, 0.2) is 39.6 Å². The molecular weight excluding hydrogens is 382 g/mol. The quantitative estimate of drug-likeness (QED) is 0.611. The van der Waals surface area contributed by atoms with Crippen molar-refractivity contribution < 1.29 is 4.39 Å². The molecule has 1 atom stereocenters. The number of fused-ring (bicyclic) bond motifs is 1. The van der Waals surface area contributed by atoms with E-state index in [2.05, 4.69) is 25.9 Å². The average molecular weight is 390 g/mol. The fourth-order valence-corrected chi connectivity index (χ4v) is 3.55. The summed E-state index contributed by atoms with van der Waals surface area (Å²) in [7, 11) is 0. The highest BCUT2D eigenvalue weighted by Crippen LogP contribution is 2.38. The van der Waals surface area contributed by atoms with Gasteiger partial charge in [0.05, 0.1) is 16.4 Å². The predicted octanol–water partition coefficient (Wildman–Crippen LogP) is 4.74. The molecule has 3 nitrogen and oxygen atoms in total. The first-order valence-electron chi connectivity index (χ1n) is 5.96. The number of aromatic amines is 2. The molecule has 0 radical (unpaired) electrons. The Morgan fingerprint density at radius 1 is 1.10 bits per heavy atom. The van der Waals surface area contributed by atoms with Crippen LogP contribution in [0.4, 0.5) is 4.39 Å². The van der Waals surface area contributed by atoms with Gasteiger partial charge in [0.25, 0.3) is 0 Å². The summed E-state index contributed by atoms with van der Waals surface area (Å²) in [6, 6.07) is 7.59. The first-order chi connectivity index (χ1) is 9.95. The zero-order valence-electron chi connectivity index (χ0n) is 10.4. The van der Waals surface area contributed by atoms with E-state index in [0.29, 0.717) is 16.6 Å². The number of benzene rings is 2. The predicted molar refractivity (Wildman–Crippen MR) is 85.7 cm³/mol. The van der Waals surface area contributed by atoms with Crippen molar-refractivity contribution in [3.63, 3.8) is 0 Å². The zero-order valence-corrected chi connectivity index (χ0v) is 13.5. The van der Waals surface area contributed by atoms with Crippen molar-refractivity contribution in [3.05, 3.63) is 67.3 Å². The molecule has 0 saturated carbocycles. The topological polar surface area (TPSA) is 48.6 Å². The van der Waals surface area contributed by atoms with Crippen LogP contribution < -0.4 is 5.69 Å². The summed E-state index contributed by atoms with van der Waals surface area (Å²) in [5.41, 5.74) is 2.34. The molecular formula is C14H8BrCl2FN2O. The Morgan fingerprint density at radius 3 is 2.43 bits per heavy atom. The lowest BCUT2D eigenvalue weighted by Crippen LogP contribution is -1.99. The fraction of sp³-hybridized carbons (Fsp3) is 0.0714. The third-order valence-electron chi connectivity index (χ3n) is 3.14. The minimum atomic E-state index is -0.574. The third kappa shape index (κ3) is 2.73. The maximum absolute atomic E-state index is 13.1. The normalized spacial score (nSPS) is 12.8. The van der Waals surface area contributed by atoms with E-state index in [9.17, 15) is 9.18 Å². The molecule has 1 aromatic heterocycles. The molecule has 1 heterocycles. The lowest BCUT2D eigenvalue weighted by molar-refractivity contribution is 0.627. The maximum atomic E-state index is 13.1. The van der Waals surface area contributed by atoms with E-state index in [-0.39, 0.29) is 10.7 Å². The van der Waals surface area contributed by atoms with Gasteiger partial charge in [-0.2, -0.15) is 0 Å². The van der Waals surface area contributed by atoms with E-state index in [4.69, 9.17) is 23.2 Å². The van der Waals surface area contributed by atoms with Gasteiger partial charge in [-0.05, 0) is 35.4 Å². The van der Waals surface area contributed by atoms with E-state index < -0.39 is 11.2 Å². The van der Waals surface area contributed by atoms with Crippen molar-refractivity contribution in [1.82, 2.24) is 9.97 Å². The van der Waals surface area contributed by atoms with E-state index >= 15 is 0 Å². The molecule has 0 aliphatic carbocycles. The van der Waals surface area contributed by atoms with Crippen LogP contribution in [0, 0.1) is 5.82 Å². The average Bonchev–Trinajstić information content (AvgIpc) is 2.76. The summed E-state index contributed by atoms with van der Waals surface area (Å²) >= 11 is 15.9. The second-order valence-corrected chi connectivity index (χ2v) is 6.22. The SMILES string of the molecule is O=c1[nH]c2cc(Br)c(C(Cl)c3ccc(F)cc3Cl)cc2[nH]1. The van der Waals surface area contributed by atoms with Crippen LogP contribution in [0.3, 0.4) is 0 Å². The first-order valence-corrected chi connectivity index (χ1v) is 7.57.